The molecule has 0 bridgehead atoms. The van der Waals surface area contributed by atoms with Gasteiger partial charge in [-0.15, -0.1) is 0 Å². The van der Waals surface area contributed by atoms with Crippen molar-refractivity contribution in [1.29, 1.82) is 5.26 Å². The molecule has 0 heterocycles. The second-order valence-electron chi connectivity index (χ2n) is 6.10. The fourth-order valence-corrected chi connectivity index (χ4v) is 4.20. The summed E-state index contributed by atoms with van der Waals surface area (Å²) in [6, 6.07) is 12.3. The van der Waals surface area contributed by atoms with Gasteiger partial charge in [0.25, 0.3) is 0 Å². The molecule has 2 rings (SSSR count). The zero-order chi connectivity index (χ0) is 20.9. The molecular formula is C19H19Cl2N3O3S. The van der Waals surface area contributed by atoms with Gasteiger partial charge in [0.05, 0.1) is 34.5 Å². The van der Waals surface area contributed by atoms with Gasteiger partial charge in [0.15, 0.2) is 0 Å². The topological polar surface area (TPSA) is 90.3 Å². The van der Waals surface area contributed by atoms with Crippen molar-refractivity contribution >= 4 is 50.5 Å². The first-order chi connectivity index (χ1) is 13.2. The van der Waals surface area contributed by atoms with E-state index in [-0.39, 0.29) is 28.6 Å². The highest BCUT2D eigenvalue weighted by molar-refractivity contribution is 7.92. The maximum Gasteiger partial charge on any atom is 0.248 e. The number of nitrogens with one attached hydrogen (secondary N) is 1. The first kappa shape index (κ1) is 22.0. The molecule has 0 aromatic heterocycles. The third kappa shape index (κ3) is 5.38. The van der Waals surface area contributed by atoms with Crippen molar-refractivity contribution in [2.75, 3.05) is 15.9 Å². The monoisotopic (exact) mass is 439 g/mol. The number of anilines is 2. The lowest BCUT2D eigenvalue weighted by molar-refractivity contribution is -0.117. The molecule has 2 aromatic rings. The third-order valence-corrected chi connectivity index (χ3v) is 5.91. The summed E-state index contributed by atoms with van der Waals surface area (Å²) in [6.45, 7) is 1.72. The van der Waals surface area contributed by atoms with Crippen LogP contribution in [0.4, 0.5) is 11.4 Å². The summed E-state index contributed by atoms with van der Waals surface area (Å²) < 4.78 is 25.9. The van der Waals surface area contributed by atoms with Crippen molar-refractivity contribution < 1.29 is 13.2 Å². The van der Waals surface area contributed by atoms with E-state index in [1.165, 1.54) is 18.2 Å². The van der Waals surface area contributed by atoms with Crippen LogP contribution >= 0.6 is 23.2 Å². The molecule has 0 fully saturated rings. The van der Waals surface area contributed by atoms with Gasteiger partial charge >= 0.3 is 0 Å². The van der Waals surface area contributed by atoms with Crippen LogP contribution < -0.4 is 9.62 Å². The number of nitriles is 1. The number of hydrogen-bond donors (Lipinski definition) is 1. The van der Waals surface area contributed by atoms with Gasteiger partial charge in [0.2, 0.25) is 15.9 Å². The smallest absolute Gasteiger partial charge is 0.248 e. The highest BCUT2D eigenvalue weighted by Crippen LogP contribution is 2.30. The van der Waals surface area contributed by atoms with Crippen LogP contribution in [-0.4, -0.2) is 26.6 Å². The number of amides is 1. The van der Waals surface area contributed by atoms with E-state index in [0.29, 0.717) is 5.69 Å². The number of hydrogen-bond acceptors (Lipinski definition) is 4. The van der Waals surface area contributed by atoms with Crippen LogP contribution in [-0.2, 0) is 21.2 Å². The summed E-state index contributed by atoms with van der Waals surface area (Å²) in [6.07, 6.45) is 1.54. The lowest BCUT2D eigenvalue weighted by atomic mass is 10.1. The second-order valence-corrected chi connectivity index (χ2v) is 8.78. The van der Waals surface area contributed by atoms with E-state index in [1.807, 2.05) is 6.07 Å². The molecule has 2 aromatic carbocycles. The van der Waals surface area contributed by atoms with E-state index in [2.05, 4.69) is 5.32 Å². The fraction of sp³-hybridized carbons (Fsp3) is 0.263. The molecule has 28 heavy (non-hydrogen) atoms. The van der Waals surface area contributed by atoms with E-state index >= 15 is 0 Å². The normalized spacial score (nSPS) is 12.1. The van der Waals surface area contributed by atoms with Crippen LogP contribution in [0.25, 0.3) is 0 Å². The first-order valence-electron chi connectivity index (χ1n) is 8.38. The molecule has 0 saturated heterocycles. The molecule has 1 N–H and O–H groups in total. The highest BCUT2D eigenvalue weighted by atomic mass is 35.5. The highest BCUT2D eigenvalue weighted by Gasteiger charge is 2.31. The minimum absolute atomic E-state index is 0.191. The molecule has 148 valence electrons. The second kappa shape index (κ2) is 9.28. The number of halogens is 2. The van der Waals surface area contributed by atoms with E-state index in [1.54, 1.807) is 31.2 Å². The zero-order valence-electron chi connectivity index (χ0n) is 15.3. The SMILES string of the molecule is CC[C@@H](C(=O)Nc1ccc(CC#N)cc1)N(c1ccc(Cl)c(Cl)c1)S(C)(=O)=O. The van der Waals surface area contributed by atoms with Gasteiger partial charge < -0.3 is 5.32 Å². The average Bonchev–Trinajstić information content (AvgIpc) is 2.63. The fourth-order valence-electron chi connectivity index (χ4n) is 2.71. The maximum absolute atomic E-state index is 12.8. The standard InChI is InChI=1S/C19H19Cl2N3O3S/c1-3-18(19(25)23-14-6-4-13(5-7-14)10-11-22)24(28(2,26)27)15-8-9-16(20)17(21)12-15/h4-9,12,18H,3,10H2,1-2H3,(H,23,25)/t18-/m0/s1. The molecule has 0 spiro atoms. The number of carbonyl (C=O) groups is 1. The summed E-state index contributed by atoms with van der Waals surface area (Å²) in [5, 5.41) is 11.9. The third-order valence-electron chi connectivity index (χ3n) is 3.99. The quantitative estimate of drug-likeness (QED) is 0.697. The van der Waals surface area contributed by atoms with Crippen molar-refractivity contribution in [3.05, 3.63) is 58.1 Å². The Hall–Kier alpha value is -2.27. The lowest BCUT2D eigenvalue weighted by Crippen LogP contribution is -2.47. The van der Waals surface area contributed by atoms with Crippen molar-refractivity contribution in [3.63, 3.8) is 0 Å². The van der Waals surface area contributed by atoms with Crippen molar-refractivity contribution in [1.82, 2.24) is 0 Å². The van der Waals surface area contributed by atoms with Crippen LogP contribution in [0.1, 0.15) is 18.9 Å². The van der Waals surface area contributed by atoms with Gasteiger partial charge in [-0.2, -0.15) is 5.26 Å². The molecule has 0 saturated carbocycles. The molecule has 0 unspecified atom stereocenters. The average molecular weight is 440 g/mol. The molecule has 1 amide bonds. The predicted molar refractivity (Wildman–Crippen MR) is 112 cm³/mol. The Kier molecular flexibility index (Phi) is 7.30. The van der Waals surface area contributed by atoms with Gasteiger partial charge in [0.1, 0.15) is 6.04 Å². The Morgan fingerprint density at radius 2 is 1.82 bits per heavy atom. The Labute approximate surface area is 174 Å². The summed E-state index contributed by atoms with van der Waals surface area (Å²) in [7, 11) is -3.78. The van der Waals surface area contributed by atoms with Gasteiger partial charge in [0, 0.05) is 5.69 Å². The van der Waals surface area contributed by atoms with E-state index in [0.717, 1.165) is 16.1 Å². The predicted octanol–water partition coefficient (Wildman–Crippen LogP) is 4.24. The van der Waals surface area contributed by atoms with E-state index in [4.69, 9.17) is 28.5 Å². The summed E-state index contributed by atoms with van der Waals surface area (Å²) in [4.78, 5) is 12.8. The Balaban J connectivity index is 2.33. The minimum atomic E-state index is -3.78. The molecule has 0 aliphatic carbocycles. The Bertz CT molecular complexity index is 1000. The largest absolute Gasteiger partial charge is 0.324 e. The maximum atomic E-state index is 12.8. The molecular weight excluding hydrogens is 421 g/mol. The van der Waals surface area contributed by atoms with Gasteiger partial charge in [-0.25, -0.2) is 8.42 Å². The summed E-state index contributed by atoms with van der Waals surface area (Å²) in [5.41, 5.74) is 1.58. The molecule has 1 atom stereocenters. The molecule has 0 aliphatic rings. The Morgan fingerprint density at radius 1 is 1.18 bits per heavy atom. The van der Waals surface area contributed by atoms with Gasteiger partial charge in [-0.05, 0) is 42.3 Å². The molecule has 6 nitrogen and oxygen atoms in total. The first-order valence-corrected chi connectivity index (χ1v) is 11.0. The summed E-state index contributed by atoms with van der Waals surface area (Å²) >= 11 is 11.9. The molecule has 9 heteroatoms. The lowest BCUT2D eigenvalue weighted by Gasteiger charge is -2.30. The molecule has 0 aliphatic heterocycles. The van der Waals surface area contributed by atoms with E-state index in [9.17, 15) is 13.2 Å². The van der Waals surface area contributed by atoms with Gasteiger partial charge in [-0.1, -0.05) is 42.3 Å². The number of sulfonamides is 1. The number of carbonyl (C=O) groups excluding carboxylic acids is 1. The molecule has 0 radical (unpaired) electrons. The van der Waals surface area contributed by atoms with Crippen LogP contribution in [0.15, 0.2) is 42.5 Å². The minimum Gasteiger partial charge on any atom is -0.324 e. The van der Waals surface area contributed by atoms with Crippen LogP contribution in [0.2, 0.25) is 10.0 Å². The Morgan fingerprint density at radius 3 is 2.32 bits per heavy atom. The number of rotatable bonds is 7. The zero-order valence-corrected chi connectivity index (χ0v) is 17.6. The van der Waals surface area contributed by atoms with Crippen molar-refractivity contribution in [2.24, 2.45) is 0 Å². The van der Waals surface area contributed by atoms with Gasteiger partial charge in [-0.3, -0.25) is 9.10 Å². The van der Waals surface area contributed by atoms with Crippen molar-refractivity contribution in [3.8, 4) is 6.07 Å². The van der Waals surface area contributed by atoms with Crippen LogP contribution in [0.3, 0.4) is 0 Å². The number of nitrogens with zero attached hydrogens (tertiary/aromatic N) is 2. The van der Waals surface area contributed by atoms with Crippen LogP contribution in [0, 0.1) is 11.3 Å². The van der Waals surface area contributed by atoms with E-state index < -0.39 is 22.0 Å². The van der Waals surface area contributed by atoms with Crippen molar-refractivity contribution in [2.45, 2.75) is 25.8 Å². The van der Waals surface area contributed by atoms with Crippen LogP contribution in [0.5, 0.6) is 0 Å². The summed E-state index contributed by atoms with van der Waals surface area (Å²) in [5.74, 6) is -0.480. The number of benzene rings is 2.